The summed E-state index contributed by atoms with van der Waals surface area (Å²) in [6.07, 6.45) is 15.6. The zero-order valence-electron chi connectivity index (χ0n) is 19.6. The van der Waals surface area contributed by atoms with E-state index in [2.05, 4.69) is 24.1 Å². The third-order valence-electron chi connectivity index (χ3n) is 9.37. The number of carbonyl (C=O) groups is 2. The van der Waals surface area contributed by atoms with E-state index in [1.54, 1.807) is 7.05 Å². The fourth-order valence-corrected chi connectivity index (χ4v) is 7.53. The van der Waals surface area contributed by atoms with Crippen molar-refractivity contribution >= 4 is 11.8 Å². The van der Waals surface area contributed by atoms with Crippen LogP contribution >= 0.6 is 0 Å². The highest BCUT2D eigenvalue weighted by atomic mass is 16.2. The highest BCUT2D eigenvalue weighted by Crippen LogP contribution is 2.47. The first-order valence-corrected chi connectivity index (χ1v) is 13.0. The van der Waals surface area contributed by atoms with Gasteiger partial charge in [0.1, 0.15) is 6.04 Å². The molecule has 3 saturated carbocycles. The molecule has 1 aliphatic heterocycles. The van der Waals surface area contributed by atoms with Gasteiger partial charge >= 0.3 is 0 Å². The van der Waals surface area contributed by atoms with Gasteiger partial charge < -0.3 is 10.2 Å². The molecule has 0 radical (unpaired) electrons. The third kappa shape index (κ3) is 4.43. The maximum Gasteiger partial charge on any atom is 0.242 e. The Labute approximate surface area is 183 Å². The molecule has 30 heavy (non-hydrogen) atoms. The fraction of sp³-hybridized carbons (Fsp3) is 0.923. The van der Waals surface area contributed by atoms with Crippen LogP contribution in [-0.2, 0) is 9.59 Å². The summed E-state index contributed by atoms with van der Waals surface area (Å²) in [4.78, 5) is 28.7. The molecule has 4 nitrogen and oxygen atoms in total. The van der Waals surface area contributed by atoms with E-state index >= 15 is 0 Å². The molecular formula is C26H44N2O2. The molecule has 3 aliphatic carbocycles. The molecule has 4 unspecified atom stereocenters. The van der Waals surface area contributed by atoms with Crippen molar-refractivity contribution in [3.05, 3.63) is 0 Å². The van der Waals surface area contributed by atoms with E-state index in [9.17, 15) is 9.59 Å². The molecule has 1 N–H and O–H groups in total. The molecule has 4 rings (SSSR count). The lowest BCUT2D eigenvalue weighted by Crippen LogP contribution is -2.53. The molecule has 0 bridgehead atoms. The number of nitrogens with one attached hydrogen (secondary N) is 1. The Morgan fingerprint density at radius 2 is 1.50 bits per heavy atom. The number of hydrogen-bond donors (Lipinski definition) is 1. The molecule has 4 fully saturated rings. The van der Waals surface area contributed by atoms with Gasteiger partial charge in [-0.25, -0.2) is 0 Å². The van der Waals surface area contributed by atoms with Gasteiger partial charge in [0.25, 0.3) is 0 Å². The molecule has 4 heteroatoms. The Balaban J connectivity index is 1.46. The molecule has 1 heterocycles. The van der Waals surface area contributed by atoms with Crippen molar-refractivity contribution < 1.29 is 9.59 Å². The van der Waals surface area contributed by atoms with Gasteiger partial charge in [-0.2, -0.15) is 0 Å². The summed E-state index contributed by atoms with van der Waals surface area (Å²) >= 11 is 0. The average Bonchev–Trinajstić information content (AvgIpc) is 3.23. The average molecular weight is 417 g/mol. The van der Waals surface area contributed by atoms with Gasteiger partial charge in [0.2, 0.25) is 11.8 Å². The number of hydrogen-bond acceptors (Lipinski definition) is 2. The second-order valence-electron chi connectivity index (χ2n) is 11.3. The Morgan fingerprint density at radius 1 is 0.800 bits per heavy atom. The van der Waals surface area contributed by atoms with Crippen LogP contribution in [0.5, 0.6) is 0 Å². The number of fused-ring (bicyclic) bond motifs is 1. The Hall–Kier alpha value is -1.06. The molecule has 2 amide bonds. The Kier molecular flexibility index (Phi) is 7.09. The summed E-state index contributed by atoms with van der Waals surface area (Å²) in [5.41, 5.74) is 0. The second kappa shape index (κ2) is 9.61. The summed E-state index contributed by atoms with van der Waals surface area (Å²) < 4.78 is 0. The standard InChI is InChI=1S/C26H44N2O2/c1-17(2)19-9-10-21-16-22(12-11-20(21)15-19)26(30)28-23(18-7-5-4-6-8-18)13-14-24(28)25(29)27-3/h17-24H,4-16H2,1-3H3,(H,27,29)/t19?,20?,21?,22?,23-,24+/m1/s1. The third-order valence-corrected chi connectivity index (χ3v) is 9.37. The SMILES string of the molecule is CNC(=O)[C@@H]1CC[C@H](C2CCCCC2)N1C(=O)C1CCC2CC(C(C)C)CCC2C1. The molecule has 1 saturated heterocycles. The minimum atomic E-state index is -0.233. The quantitative estimate of drug-likeness (QED) is 0.688. The minimum Gasteiger partial charge on any atom is -0.357 e. The largest absolute Gasteiger partial charge is 0.357 e. The van der Waals surface area contributed by atoms with Gasteiger partial charge in [0, 0.05) is 19.0 Å². The van der Waals surface area contributed by atoms with E-state index in [4.69, 9.17) is 0 Å². The van der Waals surface area contributed by atoms with Crippen LogP contribution < -0.4 is 5.32 Å². The monoisotopic (exact) mass is 416 g/mol. The van der Waals surface area contributed by atoms with Gasteiger partial charge in [-0.3, -0.25) is 9.59 Å². The van der Waals surface area contributed by atoms with Gasteiger partial charge in [-0.1, -0.05) is 33.1 Å². The second-order valence-corrected chi connectivity index (χ2v) is 11.3. The highest BCUT2D eigenvalue weighted by molar-refractivity contribution is 5.89. The van der Waals surface area contributed by atoms with Gasteiger partial charge in [0.05, 0.1) is 0 Å². The van der Waals surface area contributed by atoms with Gasteiger partial charge in [-0.15, -0.1) is 0 Å². The van der Waals surface area contributed by atoms with Crippen molar-refractivity contribution in [2.24, 2.45) is 35.5 Å². The van der Waals surface area contributed by atoms with Crippen molar-refractivity contribution in [3.8, 4) is 0 Å². The van der Waals surface area contributed by atoms with E-state index < -0.39 is 0 Å². The summed E-state index contributed by atoms with van der Waals surface area (Å²) in [7, 11) is 1.72. The summed E-state index contributed by atoms with van der Waals surface area (Å²) in [6, 6.07) is 0.0679. The zero-order chi connectivity index (χ0) is 21.3. The van der Waals surface area contributed by atoms with Crippen LogP contribution in [0, 0.1) is 35.5 Å². The zero-order valence-corrected chi connectivity index (χ0v) is 19.6. The molecule has 0 aromatic carbocycles. The van der Waals surface area contributed by atoms with Crippen LogP contribution in [0.4, 0.5) is 0 Å². The lowest BCUT2D eigenvalue weighted by Gasteiger charge is -2.45. The highest BCUT2D eigenvalue weighted by Gasteiger charge is 2.47. The smallest absolute Gasteiger partial charge is 0.242 e. The lowest BCUT2D eigenvalue weighted by atomic mass is 9.63. The van der Waals surface area contributed by atoms with Crippen molar-refractivity contribution in [2.45, 2.75) is 109 Å². The number of nitrogens with zero attached hydrogens (tertiary/aromatic N) is 1. The van der Waals surface area contributed by atoms with Crippen LogP contribution in [0.2, 0.25) is 0 Å². The summed E-state index contributed by atoms with van der Waals surface area (Å²) in [5, 5.41) is 2.85. The van der Waals surface area contributed by atoms with Crippen LogP contribution in [0.15, 0.2) is 0 Å². The molecule has 0 aromatic heterocycles. The van der Waals surface area contributed by atoms with Crippen LogP contribution in [-0.4, -0.2) is 35.8 Å². The normalized spacial score (nSPS) is 37.8. The maximum absolute atomic E-state index is 13.9. The molecule has 4 aliphatic rings. The van der Waals surface area contributed by atoms with E-state index in [1.807, 2.05) is 0 Å². The Morgan fingerprint density at radius 3 is 2.20 bits per heavy atom. The van der Waals surface area contributed by atoms with Crippen molar-refractivity contribution in [1.29, 1.82) is 0 Å². The minimum absolute atomic E-state index is 0.0489. The van der Waals surface area contributed by atoms with Crippen LogP contribution in [0.1, 0.15) is 97.3 Å². The fourth-order valence-electron chi connectivity index (χ4n) is 7.53. The predicted octanol–water partition coefficient (Wildman–Crippen LogP) is 5.16. The van der Waals surface area contributed by atoms with Crippen molar-refractivity contribution in [1.82, 2.24) is 10.2 Å². The topological polar surface area (TPSA) is 49.4 Å². The first-order chi connectivity index (χ1) is 14.5. The van der Waals surface area contributed by atoms with Crippen molar-refractivity contribution in [3.63, 3.8) is 0 Å². The van der Waals surface area contributed by atoms with E-state index in [-0.39, 0.29) is 17.9 Å². The Bertz CT molecular complexity index is 612. The first-order valence-electron chi connectivity index (χ1n) is 13.0. The molecule has 6 atom stereocenters. The van der Waals surface area contributed by atoms with E-state index in [0.29, 0.717) is 17.9 Å². The molecule has 0 aromatic rings. The molecular weight excluding hydrogens is 372 g/mol. The molecule has 170 valence electrons. The number of amides is 2. The van der Waals surface area contributed by atoms with Crippen molar-refractivity contribution in [2.75, 3.05) is 7.05 Å². The maximum atomic E-state index is 13.9. The van der Waals surface area contributed by atoms with Gasteiger partial charge in [0.15, 0.2) is 0 Å². The lowest BCUT2D eigenvalue weighted by molar-refractivity contribution is -0.147. The molecule has 0 spiro atoms. The van der Waals surface area contributed by atoms with E-state index in [0.717, 1.165) is 49.4 Å². The number of likely N-dealkylation sites (N-methyl/N-ethyl adjacent to an activating group) is 1. The van der Waals surface area contributed by atoms with Crippen LogP contribution in [0.25, 0.3) is 0 Å². The number of rotatable bonds is 4. The predicted molar refractivity (Wildman–Crippen MR) is 121 cm³/mol. The van der Waals surface area contributed by atoms with E-state index in [1.165, 1.54) is 57.8 Å². The number of likely N-dealkylation sites (tertiary alicyclic amines) is 1. The van der Waals surface area contributed by atoms with Crippen LogP contribution in [0.3, 0.4) is 0 Å². The first kappa shape index (κ1) is 22.1. The number of carbonyl (C=O) groups excluding carboxylic acids is 2. The van der Waals surface area contributed by atoms with Gasteiger partial charge in [-0.05, 0) is 93.8 Å². The summed E-state index contributed by atoms with van der Waals surface area (Å²) in [5.74, 6) is 4.36. The summed E-state index contributed by atoms with van der Waals surface area (Å²) in [6.45, 7) is 4.75.